The Morgan fingerprint density at radius 3 is 2.14 bits per heavy atom. The van der Waals surface area contributed by atoms with E-state index in [9.17, 15) is 42.3 Å². The van der Waals surface area contributed by atoms with E-state index in [0.29, 0.717) is 37.4 Å². The summed E-state index contributed by atoms with van der Waals surface area (Å²) in [5, 5.41) is 10.7. The number of fused-ring (bicyclic) bond motifs is 3. The Labute approximate surface area is 341 Å². The molecule has 4 N–H and O–H groups in total. The van der Waals surface area contributed by atoms with Gasteiger partial charge in [0.1, 0.15) is 54.0 Å². The monoisotopic (exact) mass is 821 g/mol. The van der Waals surface area contributed by atoms with Crippen molar-refractivity contribution in [2.45, 2.75) is 122 Å². The van der Waals surface area contributed by atoms with Crippen molar-refractivity contribution in [3.8, 4) is 0 Å². The Kier molecular flexibility index (Phi) is 13.2. The highest BCUT2D eigenvalue weighted by atomic mass is 19.1. The second-order valence-electron chi connectivity index (χ2n) is 16.4. The molecule has 318 valence electrons. The number of urea groups is 1. The first-order valence-corrected chi connectivity index (χ1v) is 20.3. The molecule has 8 atom stereocenters. The number of hydrogen-bond acceptors (Lipinski definition) is 8. The second-order valence-corrected chi connectivity index (χ2v) is 16.4. The number of benzene rings is 2. The Balaban J connectivity index is 1.34. The van der Waals surface area contributed by atoms with Gasteiger partial charge in [-0.15, -0.1) is 0 Å². The number of nitrogens with one attached hydrogen (secondary N) is 4. The number of anilines is 1. The molecule has 2 aromatic rings. The van der Waals surface area contributed by atoms with Gasteiger partial charge in [0, 0.05) is 37.8 Å². The van der Waals surface area contributed by atoms with Crippen molar-refractivity contribution < 1.29 is 47.1 Å². The molecule has 17 heteroatoms. The molecule has 2 aromatic carbocycles. The Hall–Kier alpha value is -5.61. The van der Waals surface area contributed by atoms with Crippen LogP contribution < -0.4 is 21.3 Å². The van der Waals surface area contributed by atoms with Crippen LogP contribution in [-0.4, -0.2) is 118 Å². The smallest absolute Gasteiger partial charge is 0.329 e. The SMILES string of the molecule is Cc1cc(C)cc(NC(=O)N[C@@H](Cc2cc(F)cc(F)c2)C(=O)N[C@@H]2C(=O)N3CCC[C@H]3C(=O)N3CCCC[C@H]3C(=O)N[C@@H](C)C(=O)N3C[C@H](C)C[C@H]3C(=O)O[C@H]2C)c1. The highest BCUT2D eigenvalue weighted by Crippen LogP contribution is 2.29. The predicted molar refractivity (Wildman–Crippen MR) is 210 cm³/mol. The molecule has 4 aliphatic heterocycles. The number of amides is 7. The average molecular weight is 822 g/mol. The van der Waals surface area contributed by atoms with Gasteiger partial charge in [0.25, 0.3) is 0 Å². The number of halogens is 2. The van der Waals surface area contributed by atoms with Gasteiger partial charge >= 0.3 is 12.0 Å². The van der Waals surface area contributed by atoms with Crippen LogP contribution in [0, 0.1) is 31.4 Å². The van der Waals surface area contributed by atoms with Crippen molar-refractivity contribution in [2.24, 2.45) is 5.92 Å². The van der Waals surface area contributed by atoms with Gasteiger partial charge in [-0.2, -0.15) is 0 Å². The van der Waals surface area contributed by atoms with Crippen LogP contribution in [0.3, 0.4) is 0 Å². The first-order valence-electron chi connectivity index (χ1n) is 20.3. The lowest BCUT2D eigenvalue weighted by atomic mass is 9.99. The van der Waals surface area contributed by atoms with Crippen molar-refractivity contribution in [2.75, 3.05) is 25.0 Å². The van der Waals surface area contributed by atoms with Gasteiger partial charge in [-0.25, -0.2) is 18.4 Å². The summed E-state index contributed by atoms with van der Waals surface area (Å²) in [7, 11) is 0. The van der Waals surface area contributed by atoms with E-state index in [2.05, 4.69) is 21.3 Å². The largest absolute Gasteiger partial charge is 0.458 e. The summed E-state index contributed by atoms with van der Waals surface area (Å²) in [4.78, 5) is 102. The maximum atomic E-state index is 14.7. The van der Waals surface area contributed by atoms with Gasteiger partial charge in [0.05, 0.1) is 0 Å². The molecule has 0 radical (unpaired) electrons. The quantitative estimate of drug-likeness (QED) is 0.321. The van der Waals surface area contributed by atoms with Crippen molar-refractivity contribution in [1.82, 2.24) is 30.7 Å². The molecule has 4 saturated heterocycles. The number of ether oxygens (including phenoxy) is 1. The Morgan fingerprint density at radius 1 is 0.797 bits per heavy atom. The first kappa shape index (κ1) is 43.0. The van der Waals surface area contributed by atoms with Crippen molar-refractivity contribution in [3.63, 3.8) is 0 Å². The minimum absolute atomic E-state index is 0.0257. The van der Waals surface area contributed by atoms with Crippen LogP contribution in [0.1, 0.15) is 76.0 Å². The van der Waals surface area contributed by atoms with E-state index >= 15 is 0 Å². The maximum absolute atomic E-state index is 14.7. The normalized spacial score (nSPS) is 27.3. The van der Waals surface area contributed by atoms with Gasteiger partial charge in [-0.3, -0.25) is 24.0 Å². The van der Waals surface area contributed by atoms with E-state index in [1.54, 1.807) is 12.1 Å². The molecule has 6 rings (SSSR count). The molecule has 4 fully saturated rings. The number of esters is 1. The molecular weight excluding hydrogens is 768 g/mol. The molecule has 4 heterocycles. The standard InChI is InChI=1S/C42H53F2N7O8/c1-22-13-23(2)15-30(14-22)46-42(58)47-31(19-27-17-28(43)20-29(44)18-27)36(52)48-35-26(5)59-41(57)34-16-24(3)21-51(34)38(54)25(4)45-37(53)32-9-6-7-11-49(32)39(55)33-10-8-12-50(33)40(35)56/h13-15,17-18,20,24-26,31-35H,6-12,16,19,21H2,1-5H3,(H,45,53)(H,48,52)(H2,46,47,58)/t24-,25+,26+,31+,32+,33+,34+,35+/m1/s1. The molecular formula is C42H53F2N7O8. The summed E-state index contributed by atoms with van der Waals surface area (Å²) in [6, 6.07) is 0.0778. The minimum Gasteiger partial charge on any atom is -0.458 e. The predicted octanol–water partition coefficient (Wildman–Crippen LogP) is 2.86. The summed E-state index contributed by atoms with van der Waals surface area (Å²) in [5.41, 5.74) is 2.17. The van der Waals surface area contributed by atoms with Gasteiger partial charge in [-0.05, 0) is 113 Å². The van der Waals surface area contributed by atoms with E-state index in [0.717, 1.165) is 23.3 Å². The molecule has 0 unspecified atom stereocenters. The van der Waals surface area contributed by atoms with Crippen LogP contribution in [0.5, 0.6) is 0 Å². The summed E-state index contributed by atoms with van der Waals surface area (Å²) in [6.45, 7) is 9.06. The lowest BCUT2D eigenvalue weighted by Gasteiger charge is -2.39. The molecule has 0 bridgehead atoms. The molecule has 0 aromatic heterocycles. The van der Waals surface area contributed by atoms with E-state index in [1.165, 1.54) is 28.5 Å². The molecule has 15 nitrogen and oxygen atoms in total. The fraction of sp³-hybridized carbons (Fsp3) is 0.548. The molecule has 0 spiro atoms. The van der Waals surface area contributed by atoms with Crippen molar-refractivity contribution in [3.05, 3.63) is 64.7 Å². The number of carbonyl (C=O) groups is 7. The fourth-order valence-corrected chi connectivity index (χ4v) is 8.77. The first-order chi connectivity index (χ1) is 28.0. The molecule has 4 aliphatic rings. The van der Waals surface area contributed by atoms with Gasteiger partial charge in [0.15, 0.2) is 0 Å². The molecule has 0 aliphatic carbocycles. The zero-order valence-corrected chi connectivity index (χ0v) is 34.0. The molecule has 0 saturated carbocycles. The Morgan fingerprint density at radius 2 is 1.44 bits per heavy atom. The van der Waals surface area contributed by atoms with Gasteiger partial charge < -0.3 is 40.7 Å². The van der Waals surface area contributed by atoms with Crippen LogP contribution in [0.2, 0.25) is 0 Å². The zero-order valence-electron chi connectivity index (χ0n) is 34.0. The van der Waals surface area contributed by atoms with Crippen LogP contribution in [0.4, 0.5) is 19.3 Å². The third-order valence-electron chi connectivity index (χ3n) is 11.5. The number of rotatable bonds is 6. The summed E-state index contributed by atoms with van der Waals surface area (Å²) in [5.74, 6) is -5.94. The molecule has 59 heavy (non-hydrogen) atoms. The highest BCUT2D eigenvalue weighted by Gasteiger charge is 2.47. The lowest BCUT2D eigenvalue weighted by molar-refractivity contribution is -0.163. The van der Waals surface area contributed by atoms with Crippen LogP contribution in [-0.2, 0) is 39.9 Å². The van der Waals surface area contributed by atoms with Crippen LogP contribution >= 0.6 is 0 Å². The summed E-state index contributed by atoms with van der Waals surface area (Å²) >= 11 is 0. The zero-order chi connectivity index (χ0) is 42.7. The topological polar surface area (TPSA) is 187 Å². The van der Waals surface area contributed by atoms with E-state index in [4.69, 9.17) is 4.74 Å². The van der Waals surface area contributed by atoms with E-state index < -0.39 is 102 Å². The summed E-state index contributed by atoms with van der Waals surface area (Å²) < 4.78 is 34.6. The fourth-order valence-electron chi connectivity index (χ4n) is 8.77. The number of aryl methyl sites for hydroxylation is 2. The van der Waals surface area contributed by atoms with E-state index in [-0.39, 0.29) is 44.0 Å². The van der Waals surface area contributed by atoms with Crippen molar-refractivity contribution in [1.29, 1.82) is 0 Å². The number of hydrogen-bond donors (Lipinski definition) is 4. The lowest BCUT2D eigenvalue weighted by Crippen LogP contribution is -2.63. The van der Waals surface area contributed by atoms with Gasteiger partial charge in [-0.1, -0.05) is 13.0 Å². The highest BCUT2D eigenvalue weighted by molar-refractivity contribution is 5.99. The number of cyclic esters (lactones) is 1. The third-order valence-corrected chi connectivity index (χ3v) is 11.5. The van der Waals surface area contributed by atoms with Crippen molar-refractivity contribution >= 4 is 47.2 Å². The number of nitrogens with zero attached hydrogens (tertiary/aromatic N) is 3. The maximum Gasteiger partial charge on any atom is 0.329 e. The molecule has 7 amide bonds. The Bertz CT molecular complexity index is 1960. The number of carbonyl (C=O) groups excluding carboxylic acids is 7. The average Bonchev–Trinajstić information content (AvgIpc) is 3.82. The number of piperidine rings is 1. The second kappa shape index (κ2) is 18.1. The van der Waals surface area contributed by atoms with Crippen LogP contribution in [0.15, 0.2) is 36.4 Å². The van der Waals surface area contributed by atoms with E-state index in [1.807, 2.05) is 26.8 Å². The van der Waals surface area contributed by atoms with Gasteiger partial charge in [0.2, 0.25) is 29.5 Å². The summed E-state index contributed by atoms with van der Waals surface area (Å²) in [6.07, 6.45) is 0.809. The third kappa shape index (κ3) is 9.99. The minimum atomic E-state index is -1.62. The van der Waals surface area contributed by atoms with Crippen LogP contribution in [0.25, 0.3) is 0 Å².